The van der Waals surface area contributed by atoms with Gasteiger partial charge in [-0.1, -0.05) is 13.3 Å². The van der Waals surface area contributed by atoms with Crippen molar-refractivity contribution in [1.82, 2.24) is 24.7 Å². The molecule has 0 saturated heterocycles. The van der Waals surface area contributed by atoms with Gasteiger partial charge < -0.3 is 14.4 Å². The van der Waals surface area contributed by atoms with Crippen LogP contribution >= 0.6 is 11.9 Å². The van der Waals surface area contributed by atoms with E-state index in [-0.39, 0.29) is 5.56 Å². The summed E-state index contributed by atoms with van der Waals surface area (Å²) in [4.78, 5) is 25.8. The fourth-order valence-electron chi connectivity index (χ4n) is 3.55. The molecular formula is C23H26N6O2S. The molecule has 9 heteroatoms. The Bertz CT molecular complexity index is 1310. The first kappa shape index (κ1) is 21.9. The highest BCUT2D eigenvalue weighted by molar-refractivity contribution is 8.00. The van der Waals surface area contributed by atoms with E-state index >= 15 is 0 Å². The predicted octanol–water partition coefficient (Wildman–Crippen LogP) is 4.50. The highest BCUT2D eigenvalue weighted by Gasteiger charge is 2.18. The molecule has 0 spiro atoms. The molecule has 0 atom stereocenters. The van der Waals surface area contributed by atoms with Crippen LogP contribution in [0.5, 0.6) is 5.75 Å². The number of benzene rings is 1. The molecule has 0 radical (unpaired) electrons. The van der Waals surface area contributed by atoms with Crippen LogP contribution in [0.3, 0.4) is 0 Å². The van der Waals surface area contributed by atoms with E-state index in [1.54, 1.807) is 17.9 Å². The van der Waals surface area contributed by atoms with Crippen LogP contribution in [-0.4, -0.2) is 31.3 Å². The molecule has 0 aliphatic carbocycles. The van der Waals surface area contributed by atoms with Crippen LogP contribution in [0.25, 0.3) is 22.4 Å². The van der Waals surface area contributed by atoms with Crippen molar-refractivity contribution in [3.05, 3.63) is 58.3 Å². The van der Waals surface area contributed by atoms with Crippen LogP contribution in [0, 0.1) is 6.92 Å². The first-order chi connectivity index (χ1) is 15.5. The van der Waals surface area contributed by atoms with Crippen LogP contribution in [-0.2, 0) is 13.5 Å². The molecule has 3 aromatic heterocycles. The molecule has 1 aromatic carbocycles. The quantitative estimate of drug-likeness (QED) is 0.382. The molecule has 0 aliphatic heterocycles. The summed E-state index contributed by atoms with van der Waals surface area (Å²) in [5.41, 5.74) is 4.37. The molecule has 4 rings (SSSR count). The van der Waals surface area contributed by atoms with Gasteiger partial charge in [0.05, 0.1) is 17.9 Å². The monoisotopic (exact) mass is 450 g/mol. The number of H-pyrrole nitrogens is 1. The van der Waals surface area contributed by atoms with Crippen molar-refractivity contribution in [1.29, 1.82) is 0 Å². The van der Waals surface area contributed by atoms with Crippen LogP contribution in [0.4, 0.5) is 5.69 Å². The maximum Gasteiger partial charge on any atom is 0.277 e. The SMILES string of the molecule is CCCc1nn(C)c2c(=O)[nH]c(-c3cc(SNc4ccnc(C)c4)ccc3OCC)nc12. The highest BCUT2D eigenvalue weighted by Crippen LogP contribution is 2.33. The molecule has 0 bridgehead atoms. The number of aromatic nitrogens is 5. The van der Waals surface area contributed by atoms with Crippen LogP contribution < -0.4 is 15.0 Å². The zero-order valence-corrected chi connectivity index (χ0v) is 19.4. The number of hydrogen-bond acceptors (Lipinski definition) is 7. The van der Waals surface area contributed by atoms with Crippen molar-refractivity contribution >= 4 is 28.7 Å². The summed E-state index contributed by atoms with van der Waals surface area (Å²) in [6.07, 6.45) is 3.45. The lowest BCUT2D eigenvalue weighted by Gasteiger charge is -2.12. The van der Waals surface area contributed by atoms with Crippen molar-refractivity contribution in [2.24, 2.45) is 7.05 Å². The van der Waals surface area contributed by atoms with Crippen molar-refractivity contribution < 1.29 is 4.74 Å². The predicted molar refractivity (Wildman–Crippen MR) is 128 cm³/mol. The Morgan fingerprint density at radius 3 is 2.81 bits per heavy atom. The summed E-state index contributed by atoms with van der Waals surface area (Å²) < 4.78 is 10.8. The summed E-state index contributed by atoms with van der Waals surface area (Å²) in [7, 11) is 1.77. The van der Waals surface area contributed by atoms with Gasteiger partial charge in [0, 0.05) is 29.5 Å². The van der Waals surface area contributed by atoms with Gasteiger partial charge in [0.2, 0.25) is 0 Å². The number of nitrogens with zero attached hydrogens (tertiary/aromatic N) is 4. The molecule has 0 aliphatic rings. The van der Waals surface area contributed by atoms with Gasteiger partial charge in [0.25, 0.3) is 5.56 Å². The molecule has 0 amide bonds. The normalized spacial score (nSPS) is 11.1. The number of nitrogens with one attached hydrogen (secondary N) is 2. The third-order valence-corrected chi connectivity index (χ3v) is 5.77. The topological polar surface area (TPSA) is 97.7 Å². The molecule has 8 nitrogen and oxygen atoms in total. The lowest BCUT2D eigenvalue weighted by atomic mass is 10.1. The van der Waals surface area contributed by atoms with E-state index in [9.17, 15) is 4.79 Å². The minimum Gasteiger partial charge on any atom is -0.493 e. The molecular weight excluding hydrogens is 424 g/mol. The van der Waals surface area contributed by atoms with Crippen LogP contribution in [0.2, 0.25) is 0 Å². The first-order valence-corrected chi connectivity index (χ1v) is 11.4. The van der Waals surface area contributed by atoms with Gasteiger partial charge >= 0.3 is 0 Å². The summed E-state index contributed by atoms with van der Waals surface area (Å²) in [6, 6.07) is 9.74. The summed E-state index contributed by atoms with van der Waals surface area (Å²) >= 11 is 1.47. The van der Waals surface area contributed by atoms with Gasteiger partial charge in [-0.2, -0.15) is 5.10 Å². The second-order valence-electron chi connectivity index (χ2n) is 7.41. The van der Waals surface area contributed by atoms with E-state index in [1.807, 2.05) is 44.2 Å². The molecule has 32 heavy (non-hydrogen) atoms. The fraction of sp³-hybridized carbons (Fsp3) is 0.304. The third kappa shape index (κ3) is 4.47. The Hall–Kier alpha value is -3.33. The number of anilines is 1. The second kappa shape index (κ2) is 9.44. The van der Waals surface area contributed by atoms with E-state index in [1.165, 1.54) is 11.9 Å². The van der Waals surface area contributed by atoms with Crippen molar-refractivity contribution in [3.63, 3.8) is 0 Å². The molecule has 2 N–H and O–H groups in total. The van der Waals surface area contributed by atoms with Gasteiger partial charge in [0.1, 0.15) is 17.1 Å². The standard InChI is InChI=1S/C23H26N6O2S/c1-5-7-18-20-21(29(4)27-18)23(30)26-22(25-20)17-13-16(8-9-19(17)31-6-2)32-28-15-10-11-24-14(3)12-15/h8-13H,5-7H2,1-4H3,(H,24,28)(H,25,26,30). The van der Waals surface area contributed by atoms with Gasteiger partial charge in [0.15, 0.2) is 5.52 Å². The largest absolute Gasteiger partial charge is 0.493 e. The van der Waals surface area contributed by atoms with Crippen molar-refractivity contribution in [2.75, 3.05) is 11.3 Å². The number of fused-ring (bicyclic) bond motifs is 1. The van der Waals surface area contributed by atoms with E-state index < -0.39 is 0 Å². The fourth-order valence-corrected chi connectivity index (χ4v) is 4.22. The van der Waals surface area contributed by atoms with Gasteiger partial charge in [-0.15, -0.1) is 0 Å². The van der Waals surface area contributed by atoms with Crippen molar-refractivity contribution in [2.45, 2.75) is 38.5 Å². The van der Waals surface area contributed by atoms with Gasteiger partial charge in [-0.25, -0.2) is 4.98 Å². The smallest absolute Gasteiger partial charge is 0.277 e. The summed E-state index contributed by atoms with van der Waals surface area (Å²) in [5, 5.41) is 4.51. The molecule has 0 saturated carbocycles. The number of pyridine rings is 1. The van der Waals surface area contributed by atoms with E-state index in [2.05, 4.69) is 26.7 Å². The zero-order chi connectivity index (χ0) is 22.7. The van der Waals surface area contributed by atoms with Crippen LogP contribution in [0.15, 0.2) is 46.2 Å². The van der Waals surface area contributed by atoms with Crippen LogP contribution in [0.1, 0.15) is 31.7 Å². The van der Waals surface area contributed by atoms with Crippen molar-refractivity contribution in [3.8, 4) is 17.1 Å². The molecule has 166 valence electrons. The summed E-state index contributed by atoms with van der Waals surface area (Å²) in [6.45, 7) is 6.47. The van der Waals surface area contributed by atoms with E-state index in [4.69, 9.17) is 9.72 Å². The lowest BCUT2D eigenvalue weighted by molar-refractivity contribution is 0.341. The van der Waals surface area contributed by atoms with E-state index in [0.717, 1.165) is 40.4 Å². The Morgan fingerprint density at radius 2 is 2.06 bits per heavy atom. The second-order valence-corrected chi connectivity index (χ2v) is 8.29. The number of rotatable bonds is 8. The zero-order valence-electron chi connectivity index (χ0n) is 18.6. The number of hydrogen-bond donors (Lipinski definition) is 2. The first-order valence-electron chi connectivity index (χ1n) is 10.6. The average Bonchev–Trinajstić information content (AvgIpc) is 3.09. The number of ether oxygens (including phenoxy) is 1. The third-order valence-electron chi connectivity index (χ3n) is 4.94. The molecule has 0 fully saturated rings. The summed E-state index contributed by atoms with van der Waals surface area (Å²) in [5.74, 6) is 1.14. The minimum absolute atomic E-state index is 0.215. The lowest BCUT2D eigenvalue weighted by Crippen LogP contribution is -2.12. The number of aryl methyl sites for hydroxylation is 3. The maximum absolute atomic E-state index is 12.9. The molecule has 3 heterocycles. The van der Waals surface area contributed by atoms with E-state index in [0.29, 0.717) is 29.2 Å². The van der Waals surface area contributed by atoms with Gasteiger partial charge in [-0.05, 0) is 62.5 Å². The Labute approximate surface area is 190 Å². The van der Waals surface area contributed by atoms with Gasteiger partial charge in [-0.3, -0.25) is 14.5 Å². The Balaban J connectivity index is 1.75. The minimum atomic E-state index is -0.215. The Morgan fingerprint density at radius 1 is 1.22 bits per heavy atom. The molecule has 4 aromatic rings. The average molecular weight is 451 g/mol. The Kier molecular flexibility index (Phi) is 6.45. The molecule has 0 unspecified atom stereocenters. The maximum atomic E-state index is 12.9. The number of aromatic amines is 1. The highest BCUT2D eigenvalue weighted by atomic mass is 32.2.